The van der Waals surface area contributed by atoms with Crippen molar-refractivity contribution in [1.29, 1.82) is 5.26 Å². The Labute approximate surface area is 75.8 Å². The molecule has 0 saturated heterocycles. The van der Waals surface area contributed by atoms with Crippen LogP contribution in [-0.4, -0.2) is 17.9 Å². The number of aromatic nitrogens is 1. The minimum absolute atomic E-state index is 0.130. The second-order valence-electron chi connectivity index (χ2n) is 2.37. The Morgan fingerprint density at radius 1 is 1.69 bits per heavy atom. The van der Waals surface area contributed by atoms with Gasteiger partial charge >= 0.3 is 0 Å². The zero-order valence-corrected chi connectivity index (χ0v) is 7.15. The Morgan fingerprint density at radius 2 is 2.46 bits per heavy atom. The average molecular weight is 176 g/mol. The van der Waals surface area contributed by atoms with Gasteiger partial charge < -0.3 is 4.74 Å². The maximum atomic E-state index is 11.2. The molecule has 0 fully saturated rings. The van der Waals surface area contributed by atoms with E-state index in [4.69, 9.17) is 10.00 Å². The molecule has 1 aromatic heterocycles. The third kappa shape index (κ3) is 2.27. The maximum Gasteiger partial charge on any atom is 0.178 e. The molecule has 4 heteroatoms. The van der Waals surface area contributed by atoms with E-state index in [9.17, 15) is 4.79 Å². The van der Waals surface area contributed by atoms with Gasteiger partial charge in [0.25, 0.3) is 0 Å². The van der Waals surface area contributed by atoms with Crippen molar-refractivity contribution in [3.8, 4) is 11.8 Å². The van der Waals surface area contributed by atoms with Gasteiger partial charge in [-0.25, -0.2) is 0 Å². The monoisotopic (exact) mass is 176 g/mol. The molecule has 13 heavy (non-hydrogen) atoms. The molecule has 0 atom stereocenters. The van der Waals surface area contributed by atoms with Crippen LogP contribution in [0.25, 0.3) is 0 Å². The Balaban J connectivity index is 2.89. The number of hydrogen-bond acceptors (Lipinski definition) is 4. The van der Waals surface area contributed by atoms with E-state index in [0.717, 1.165) is 0 Å². The first-order valence-corrected chi connectivity index (χ1v) is 3.67. The molecule has 0 amide bonds. The molecule has 0 bridgehead atoms. The van der Waals surface area contributed by atoms with E-state index in [1.807, 2.05) is 0 Å². The lowest BCUT2D eigenvalue weighted by Crippen LogP contribution is -1.98. The first kappa shape index (κ1) is 9.20. The third-order valence-electron chi connectivity index (χ3n) is 1.51. The Bertz CT molecular complexity index is 355. The van der Waals surface area contributed by atoms with Gasteiger partial charge in [0.15, 0.2) is 5.78 Å². The highest BCUT2D eigenvalue weighted by molar-refractivity contribution is 5.97. The normalized spacial score (nSPS) is 8.92. The fraction of sp³-hybridized carbons (Fsp3) is 0.222. The van der Waals surface area contributed by atoms with Gasteiger partial charge in [0.05, 0.1) is 25.8 Å². The molecule has 1 heterocycles. The molecule has 0 N–H and O–H groups in total. The smallest absolute Gasteiger partial charge is 0.178 e. The Hall–Kier alpha value is -1.89. The highest BCUT2D eigenvalue weighted by Crippen LogP contribution is 2.11. The molecule has 0 aliphatic heterocycles. The fourth-order valence-corrected chi connectivity index (χ4v) is 0.857. The zero-order valence-electron chi connectivity index (χ0n) is 7.15. The summed E-state index contributed by atoms with van der Waals surface area (Å²) in [5.41, 5.74) is 0.404. The van der Waals surface area contributed by atoms with Crippen LogP contribution in [0.3, 0.4) is 0 Å². The van der Waals surface area contributed by atoms with E-state index < -0.39 is 0 Å². The third-order valence-corrected chi connectivity index (χ3v) is 1.51. The predicted octanol–water partition coefficient (Wildman–Crippen LogP) is 1.19. The molecule has 66 valence electrons. The first-order chi connectivity index (χ1) is 6.27. The number of nitriles is 1. The van der Waals surface area contributed by atoms with Gasteiger partial charge in [-0.05, 0) is 6.07 Å². The summed E-state index contributed by atoms with van der Waals surface area (Å²) in [6, 6.07) is 3.35. The van der Waals surface area contributed by atoms with Crippen LogP contribution in [0.1, 0.15) is 16.8 Å². The van der Waals surface area contributed by atoms with Crippen LogP contribution in [0.4, 0.5) is 0 Å². The molecule has 4 nitrogen and oxygen atoms in total. The van der Waals surface area contributed by atoms with E-state index in [1.165, 1.54) is 19.5 Å². The van der Waals surface area contributed by atoms with Crippen molar-refractivity contribution in [2.45, 2.75) is 6.42 Å². The van der Waals surface area contributed by atoms with Crippen molar-refractivity contribution in [1.82, 2.24) is 4.98 Å². The first-order valence-electron chi connectivity index (χ1n) is 3.67. The van der Waals surface area contributed by atoms with E-state index in [-0.39, 0.29) is 12.2 Å². The Kier molecular flexibility index (Phi) is 2.98. The zero-order chi connectivity index (χ0) is 9.68. The summed E-state index contributed by atoms with van der Waals surface area (Å²) in [5.74, 6) is 0.276. The van der Waals surface area contributed by atoms with Crippen molar-refractivity contribution in [2.75, 3.05) is 7.11 Å². The van der Waals surface area contributed by atoms with Gasteiger partial charge in [0, 0.05) is 11.8 Å². The van der Waals surface area contributed by atoms with Crippen LogP contribution < -0.4 is 4.74 Å². The summed E-state index contributed by atoms with van der Waals surface area (Å²) >= 11 is 0. The molecule has 0 spiro atoms. The molecular formula is C9H8N2O2. The van der Waals surface area contributed by atoms with Crippen molar-refractivity contribution in [3.05, 3.63) is 24.0 Å². The van der Waals surface area contributed by atoms with Crippen molar-refractivity contribution >= 4 is 5.78 Å². The SMILES string of the molecule is COc1cncc(C(=O)CC#N)c1. The van der Waals surface area contributed by atoms with Crippen molar-refractivity contribution in [2.24, 2.45) is 0 Å². The number of ether oxygens (including phenoxy) is 1. The molecule has 0 saturated carbocycles. The van der Waals surface area contributed by atoms with Crippen LogP contribution in [0.5, 0.6) is 5.75 Å². The highest BCUT2D eigenvalue weighted by Gasteiger charge is 2.05. The number of rotatable bonds is 3. The van der Waals surface area contributed by atoms with Crippen LogP contribution >= 0.6 is 0 Å². The lowest BCUT2D eigenvalue weighted by atomic mass is 10.1. The molecular weight excluding hydrogens is 168 g/mol. The predicted molar refractivity (Wildman–Crippen MR) is 45.3 cm³/mol. The van der Waals surface area contributed by atoms with Crippen molar-refractivity contribution < 1.29 is 9.53 Å². The molecule has 0 unspecified atom stereocenters. The second kappa shape index (κ2) is 4.21. The largest absolute Gasteiger partial charge is 0.495 e. The van der Waals surface area contributed by atoms with Crippen LogP contribution in [0.15, 0.2) is 18.5 Å². The summed E-state index contributed by atoms with van der Waals surface area (Å²) in [4.78, 5) is 15.0. The topological polar surface area (TPSA) is 63.0 Å². The summed E-state index contributed by atoms with van der Waals surface area (Å²) in [6.45, 7) is 0. The molecule has 0 aliphatic rings. The molecule has 1 aromatic rings. The number of Topliss-reactive ketones (excluding diaryl/α,β-unsaturated/α-hetero) is 1. The van der Waals surface area contributed by atoms with E-state index in [1.54, 1.807) is 12.1 Å². The minimum atomic E-state index is -0.242. The quantitative estimate of drug-likeness (QED) is 0.649. The number of nitrogens with zero attached hydrogens (tertiary/aromatic N) is 2. The number of carbonyl (C=O) groups excluding carboxylic acids is 1. The Morgan fingerprint density at radius 3 is 3.08 bits per heavy atom. The molecule has 0 aromatic carbocycles. The number of hydrogen-bond donors (Lipinski definition) is 0. The number of pyridine rings is 1. The van der Waals surface area contributed by atoms with Crippen molar-refractivity contribution in [3.63, 3.8) is 0 Å². The van der Waals surface area contributed by atoms with E-state index in [2.05, 4.69) is 4.98 Å². The van der Waals surface area contributed by atoms with Crippen LogP contribution in [0, 0.1) is 11.3 Å². The number of ketones is 1. The summed E-state index contributed by atoms with van der Waals surface area (Å²) < 4.78 is 4.89. The lowest BCUT2D eigenvalue weighted by Gasteiger charge is -2.00. The van der Waals surface area contributed by atoms with Gasteiger partial charge in [-0.15, -0.1) is 0 Å². The van der Waals surface area contributed by atoms with Crippen LogP contribution in [0.2, 0.25) is 0 Å². The number of carbonyl (C=O) groups is 1. The van der Waals surface area contributed by atoms with E-state index in [0.29, 0.717) is 11.3 Å². The highest BCUT2D eigenvalue weighted by atomic mass is 16.5. The van der Waals surface area contributed by atoms with Gasteiger partial charge in [-0.1, -0.05) is 0 Å². The standard InChI is InChI=1S/C9H8N2O2/c1-13-8-4-7(5-11-6-8)9(12)2-3-10/h4-6H,2H2,1H3. The van der Waals surface area contributed by atoms with E-state index >= 15 is 0 Å². The molecule has 0 aliphatic carbocycles. The van der Waals surface area contributed by atoms with Crippen LogP contribution in [-0.2, 0) is 0 Å². The van der Waals surface area contributed by atoms with Gasteiger partial charge in [0.2, 0.25) is 0 Å². The summed E-state index contributed by atoms with van der Waals surface area (Å²) in [6.07, 6.45) is 2.79. The van der Waals surface area contributed by atoms with Gasteiger partial charge in [0.1, 0.15) is 5.75 Å². The summed E-state index contributed by atoms with van der Waals surface area (Å²) in [5, 5.41) is 8.30. The number of methoxy groups -OCH3 is 1. The second-order valence-corrected chi connectivity index (χ2v) is 2.37. The molecule has 0 radical (unpaired) electrons. The van der Waals surface area contributed by atoms with Gasteiger partial charge in [-0.2, -0.15) is 5.26 Å². The lowest BCUT2D eigenvalue weighted by molar-refractivity contribution is 0.0997. The average Bonchev–Trinajstić information content (AvgIpc) is 2.18. The fourth-order valence-electron chi connectivity index (χ4n) is 0.857. The van der Waals surface area contributed by atoms with Gasteiger partial charge in [-0.3, -0.25) is 9.78 Å². The minimum Gasteiger partial charge on any atom is -0.495 e. The molecule has 1 rings (SSSR count). The maximum absolute atomic E-state index is 11.2. The summed E-state index contributed by atoms with van der Waals surface area (Å²) in [7, 11) is 1.50.